The number of aliphatic imine (C=N–C) groups is 1. The van der Waals surface area contributed by atoms with Gasteiger partial charge in [-0.15, -0.1) is 0 Å². The maximum atomic E-state index is 5.79. The van der Waals surface area contributed by atoms with Crippen LogP contribution in [0.2, 0.25) is 0 Å². The van der Waals surface area contributed by atoms with Crippen LogP contribution in [0.25, 0.3) is 45.9 Å². The first kappa shape index (κ1) is 31.5. The third kappa shape index (κ3) is 5.54. The largest absolute Gasteiger partial charge is 0.309 e. The molecule has 3 aliphatic rings. The molecule has 0 aliphatic heterocycles. The number of benzene rings is 5. The fourth-order valence-corrected chi connectivity index (χ4v) is 8.82. The highest BCUT2D eigenvalue weighted by Gasteiger charge is 2.26. The number of aromatic nitrogens is 1. The van der Waals surface area contributed by atoms with Gasteiger partial charge in [0.15, 0.2) is 0 Å². The average Bonchev–Trinajstić information content (AvgIpc) is 3.51. The Morgan fingerprint density at radius 2 is 1.59 bits per heavy atom. The summed E-state index contributed by atoms with van der Waals surface area (Å²) < 4.78 is 2.41. The molecule has 0 saturated carbocycles. The van der Waals surface area contributed by atoms with Gasteiger partial charge in [-0.1, -0.05) is 123 Å². The Bertz CT molecular complexity index is 2410. The van der Waals surface area contributed by atoms with Crippen molar-refractivity contribution in [2.75, 3.05) is 0 Å². The zero-order valence-electron chi connectivity index (χ0n) is 29.5. The summed E-state index contributed by atoms with van der Waals surface area (Å²) in [6, 6.07) is 38.8. The number of allylic oxidation sites excluding steroid dienone is 2. The monoisotopic (exact) mass is 660 g/mol. The molecule has 6 aromatic rings. The normalized spacial score (nSPS) is 16.5. The van der Waals surface area contributed by atoms with Crippen molar-refractivity contribution < 1.29 is 0 Å². The lowest BCUT2D eigenvalue weighted by Crippen LogP contribution is -2.21. The Morgan fingerprint density at radius 1 is 0.804 bits per heavy atom. The zero-order chi connectivity index (χ0) is 34.3. The number of hydrogen-bond acceptors (Lipinski definition) is 1. The van der Waals surface area contributed by atoms with Crippen LogP contribution in [-0.2, 0) is 32.1 Å². The second-order valence-corrected chi connectivity index (χ2v) is 14.3. The Kier molecular flexibility index (Phi) is 8.24. The van der Waals surface area contributed by atoms with Crippen LogP contribution in [0, 0.1) is 0 Å². The minimum absolute atomic E-state index is 0.199. The lowest BCUT2D eigenvalue weighted by atomic mass is 9.78. The third-order valence-electron chi connectivity index (χ3n) is 11.3. The molecule has 0 saturated heterocycles. The molecule has 3 aliphatic carbocycles. The quantitative estimate of drug-likeness (QED) is 0.152. The third-order valence-corrected chi connectivity index (χ3v) is 11.3. The van der Waals surface area contributed by atoms with E-state index in [9.17, 15) is 0 Å². The van der Waals surface area contributed by atoms with E-state index in [1.54, 1.807) is 0 Å². The highest BCUT2D eigenvalue weighted by atomic mass is 15.0. The van der Waals surface area contributed by atoms with E-state index in [0.717, 1.165) is 74.0 Å². The summed E-state index contributed by atoms with van der Waals surface area (Å²) in [5.41, 5.74) is 19.6. The predicted octanol–water partition coefficient (Wildman–Crippen LogP) is 11.8. The molecule has 51 heavy (non-hydrogen) atoms. The summed E-state index contributed by atoms with van der Waals surface area (Å²) in [5.74, 6) is 0. The average molecular weight is 661 g/mol. The van der Waals surface area contributed by atoms with E-state index in [4.69, 9.17) is 4.99 Å². The van der Waals surface area contributed by atoms with Crippen molar-refractivity contribution in [3.05, 3.63) is 178 Å². The zero-order valence-corrected chi connectivity index (χ0v) is 29.5. The summed E-state index contributed by atoms with van der Waals surface area (Å²) >= 11 is 0. The highest BCUT2D eigenvalue weighted by Crippen LogP contribution is 2.41. The standard InChI is InChI=1S/C49H44N2/c1-3-5-17-41-42-19-10-12-21-46(42)51(45(41)4-2)47-22-13-11-20-43(47)49(50-39-30-29-33-14-6-7-16-37(33)31-39)38-28-25-35-24-27-36-26-23-34-15-8-9-18-40(34)48(36)44(35)32-38/h4-7,9-14,16-23,25-26,28,32,39H,2-3,8,15,24,27,29-31H2,1H3/b17-5-,50-49-. The van der Waals surface area contributed by atoms with Crippen molar-refractivity contribution in [3.8, 4) is 16.8 Å². The van der Waals surface area contributed by atoms with E-state index in [2.05, 4.69) is 146 Å². The van der Waals surface area contributed by atoms with Crippen molar-refractivity contribution in [2.24, 2.45) is 4.99 Å². The summed E-state index contributed by atoms with van der Waals surface area (Å²) in [6.45, 7) is 6.53. The van der Waals surface area contributed by atoms with Gasteiger partial charge in [-0.05, 0) is 120 Å². The van der Waals surface area contributed by atoms with Crippen LogP contribution in [0.3, 0.4) is 0 Å². The van der Waals surface area contributed by atoms with Gasteiger partial charge in [-0.25, -0.2) is 0 Å². The molecule has 250 valence electrons. The molecule has 1 aromatic heterocycles. The molecule has 1 unspecified atom stereocenters. The molecule has 0 radical (unpaired) electrons. The van der Waals surface area contributed by atoms with E-state index in [1.807, 2.05) is 6.08 Å². The second kappa shape index (κ2) is 13.3. The summed E-state index contributed by atoms with van der Waals surface area (Å²) in [7, 11) is 0. The summed E-state index contributed by atoms with van der Waals surface area (Å²) in [6.07, 6.45) is 19.7. The van der Waals surface area contributed by atoms with E-state index in [0.29, 0.717) is 0 Å². The van der Waals surface area contributed by atoms with Gasteiger partial charge in [-0.2, -0.15) is 0 Å². The minimum atomic E-state index is 0.199. The number of nitrogens with zero attached hydrogens (tertiary/aromatic N) is 2. The number of aryl methyl sites for hydroxylation is 4. The molecule has 0 amide bonds. The van der Waals surface area contributed by atoms with Crippen molar-refractivity contribution in [1.29, 1.82) is 0 Å². The van der Waals surface area contributed by atoms with Crippen LogP contribution in [0.15, 0.2) is 127 Å². The SMILES string of the molecule is C=Cc1c(/C=C\CC)c2ccccc2n1-c1ccccc1/C(=N\C1CCc2ccccc2C1)c1ccc2c(c1)-c1c(ccc3c1C=CCC3)CC2. The Morgan fingerprint density at radius 3 is 2.49 bits per heavy atom. The van der Waals surface area contributed by atoms with E-state index >= 15 is 0 Å². The number of fused-ring (bicyclic) bond motifs is 7. The van der Waals surface area contributed by atoms with Crippen molar-refractivity contribution in [3.63, 3.8) is 0 Å². The summed E-state index contributed by atoms with van der Waals surface area (Å²) in [5, 5.41) is 1.23. The maximum Gasteiger partial charge on any atom is 0.0743 e. The maximum absolute atomic E-state index is 5.79. The molecule has 0 N–H and O–H groups in total. The predicted molar refractivity (Wildman–Crippen MR) is 217 cm³/mol. The highest BCUT2D eigenvalue weighted by molar-refractivity contribution is 6.16. The molecular weight excluding hydrogens is 617 g/mol. The number of rotatable bonds is 7. The Hall–Kier alpha value is -5.47. The first-order chi connectivity index (χ1) is 25.2. The fraction of sp³-hybridized carbons (Fsp3) is 0.204. The fourth-order valence-electron chi connectivity index (χ4n) is 8.82. The van der Waals surface area contributed by atoms with Gasteiger partial charge >= 0.3 is 0 Å². The molecule has 9 rings (SSSR count). The molecular formula is C49H44N2. The van der Waals surface area contributed by atoms with Crippen molar-refractivity contribution in [2.45, 2.75) is 64.3 Å². The molecule has 0 fully saturated rings. The van der Waals surface area contributed by atoms with Crippen LogP contribution in [0.5, 0.6) is 0 Å². The van der Waals surface area contributed by atoms with Gasteiger partial charge in [0.25, 0.3) is 0 Å². The van der Waals surface area contributed by atoms with Crippen LogP contribution in [-0.4, -0.2) is 16.3 Å². The van der Waals surface area contributed by atoms with E-state index in [-0.39, 0.29) is 6.04 Å². The minimum Gasteiger partial charge on any atom is -0.309 e. The summed E-state index contributed by atoms with van der Waals surface area (Å²) in [4.78, 5) is 5.79. The van der Waals surface area contributed by atoms with Crippen LogP contribution in [0.4, 0.5) is 0 Å². The van der Waals surface area contributed by atoms with E-state index in [1.165, 1.54) is 66.5 Å². The molecule has 2 heteroatoms. The smallest absolute Gasteiger partial charge is 0.0743 e. The van der Waals surface area contributed by atoms with Crippen LogP contribution < -0.4 is 0 Å². The molecule has 1 heterocycles. The lowest BCUT2D eigenvalue weighted by molar-refractivity contribution is 0.579. The molecule has 1 atom stereocenters. The molecule has 2 nitrogen and oxygen atoms in total. The topological polar surface area (TPSA) is 17.3 Å². The van der Waals surface area contributed by atoms with Crippen molar-refractivity contribution in [1.82, 2.24) is 4.57 Å². The van der Waals surface area contributed by atoms with Gasteiger partial charge in [0.2, 0.25) is 0 Å². The second-order valence-electron chi connectivity index (χ2n) is 14.3. The molecule has 0 spiro atoms. The first-order valence-electron chi connectivity index (χ1n) is 18.8. The van der Waals surface area contributed by atoms with Crippen molar-refractivity contribution >= 4 is 34.8 Å². The molecule has 5 aromatic carbocycles. The van der Waals surface area contributed by atoms with Gasteiger partial charge < -0.3 is 4.57 Å². The molecule has 0 bridgehead atoms. The van der Waals surface area contributed by atoms with E-state index < -0.39 is 0 Å². The van der Waals surface area contributed by atoms with Crippen LogP contribution >= 0.6 is 0 Å². The lowest BCUT2D eigenvalue weighted by Gasteiger charge is -2.27. The van der Waals surface area contributed by atoms with Gasteiger partial charge in [0, 0.05) is 22.1 Å². The number of para-hydroxylation sites is 2. The van der Waals surface area contributed by atoms with Gasteiger partial charge in [0.05, 0.1) is 28.7 Å². The van der Waals surface area contributed by atoms with Gasteiger partial charge in [-0.3, -0.25) is 4.99 Å². The first-order valence-corrected chi connectivity index (χ1v) is 18.8. The number of hydrogen-bond donors (Lipinski definition) is 0. The van der Waals surface area contributed by atoms with Gasteiger partial charge in [0.1, 0.15) is 0 Å². The van der Waals surface area contributed by atoms with Crippen LogP contribution in [0.1, 0.15) is 82.0 Å². The Balaban J connectivity index is 1.27. The Labute approximate surface area is 302 Å².